The fraction of sp³-hybridized carbons (Fsp3) is 0.750. The summed E-state index contributed by atoms with van der Waals surface area (Å²) in [5.41, 5.74) is 0. The van der Waals surface area contributed by atoms with E-state index in [0.29, 0.717) is 6.04 Å². The minimum atomic E-state index is 0.577. The molecule has 1 aliphatic heterocycles. The summed E-state index contributed by atoms with van der Waals surface area (Å²) in [6.07, 6.45) is 4.40. The molecule has 4 nitrogen and oxygen atoms in total. The standard InChI is InChI=1S/C16H28N4/c1-5-7-14-18-15(17-8-6-2)10-16(19-14)20-11-12(3)9-13(20)4/h10,12-13H,5-9,11H2,1-4H3,(H,17,18,19). The van der Waals surface area contributed by atoms with E-state index in [2.05, 4.69) is 49.0 Å². The average molecular weight is 276 g/mol. The highest BCUT2D eigenvalue weighted by atomic mass is 15.2. The molecule has 4 heteroatoms. The maximum Gasteiger partial charge on any atom is 0.134 e. The zero-order chi connectivity index (χ0) is 14.5. The van der Waals surface area contributed by atoms with Gasteiger partial charge in [-0.25, -0.2) is 9.97 Å². The Balaban J connectivity index is 2.23. The fourth-order valence-corrected chi connectivity index (χ4v) is 2.93. The highest BCUT2D eigenvalue weighted by Gasteiger charge is 2.27. The molecule has 1 saturated heterocycles. The van der Waals surface area contributed by atoms with Gasteiger partial charge < -0.3 is 10.2 Å². The van der Waals surface area contributed by atoms with Crippen molar-refractivity contribution in [2.24, 2.45) is 5.92 Å². The van der Waals surface area contributed by atoms with Gasteiger partial charge in [-0.1, -0.05) is 20.8 Å². The van der Waals surface area contributed by atoms with Crippen LogP contribution in [0, 0.1) is 5.92 Å². The van der Waals surface area contributed by atoms with Crippen LogP contribution in [0.3, 0.4) is 0 Å². The lowest BCUT2D eigenvalue weighted by molar-refractivity contribution is 0.625. The second-order valence-corrected chi connectivity index (χ2v) is 6.05. The first-order chi connectivity index (χ1) is 9.63. The first-order valence-electron chi connectivity index (χ1n) is 8.02. The van der Waals surface area contributed by atoms with Gasteiger partial charge in [0.15, 0.2) is 0 Å². The molecule has 20 heavy (non-hydrogen) atoms. The van der Waals surface area contributed by atoms with Gasteiger partial charge >= 0.3 is 0 Å². The zero-order valence-electron chi connectivity index (χ0n) is 13.3. The van der Waals surface area contributed by atoms with Crippen LogP contribution in [0.1, 0.15) is 52.8 Å². The molecule has 1 N–H and O–H groups in total. The Labute approximate surface area is 123 Å². The molecule has 0 aliphatic carbocycles. The van der Waals surface area contributed by atoms with Gasteiger partial charge in [-0.2, -0.15) is 0 Å². The molecule has 1 aliphatic rings. The van der Waals surface area contributed by atoms with Crippen LogP contribution < -0.4 is 10.2 Å². The third kappa shape index (κ3) is 3.62. The van der Waals surface area contributed by atoms with E-state index in [0.717, 1.165) is 55.7 Å². The Morgan fingerprint density at radius 2 is 2.05 bits per heavy atom. The Morgan fingerprint density at radius 1 is 1.25 bits per heavy atom. The van der Waals surface area contributed by atoms with Crippen molar-refractivity contribution < 1.29 is 0 Å². The lowest BCUT2D eigenvalue weighted by Gasteiger charge is -2.23. The minimum Gasteiger partial charge on any atom is -0.370 e. The molecule has 1 fully saturated rings. The van der Waals surface area contributed by atoms with Crippen molar-refractivity contribution in [3.63, 3.8) is 0 Å². The molecular weight excluding hydrogens is 248 g/mol. The second kappa shape index (κ2) is 6.91. The molecule has 0 radical (unpaired) electrons. The number of aryl methyl sites for hydroxylation is 1. The van der Waals surface area contributed by atoms with Gasteiger partial charge in [0.05, 0.1) is 0 Å². The SMILES string of the molecule is CCCNc1cc(N2CC(C)CC2C)nc(CCC)n1. The van der Waals surface area contributed by atoms with Crippen molar-refractivity contribution in [2.75, 3.05) is 23.3 Å². The first-order valence-corrected chi connectivity index (χ1v) is 8.02. The van der Waals surface area contributed by atoms with E-state index in [1.54, 1.807) is 0 Å². The van der Waals surface area contributed by atoms with Crippen LogP contribution in [-0.2, 0) is 6.42 Å². The van der Waals surface area contributed by atoms with E-state index in [4.69, 9.17) is 4.98 Å². The van der Waals surface area contributed by atoms with Gasteiger partial charge in [0.2, 0.25) is 0 Å². The highest BCUT2D eigenvalue weighted by molar-refractivity contribution is 5.51. The average Bonchev–Trinajstić information content (AvgIpc) is 2.75. The topological polar surface area (TPSA) is 41.0 Å². The van der Waals surface area contributed by atoms with E-state index in [9.17, 15) is 0 Å². The van der Waals surface area contributed by atoms with Gasteiger partial charge in [-0.05, 0) is 32.1 Å². The van der Waals surface area contributed by atoms with E-state index in [-0.39, 0.29) is 0 Å². The third-order valence-electron chi connectivity index (χ3n) is 3.87. The number of nitrogens with one attached hydrogen (secondary N) is 1. The van der Waals surface area contributed by atoms with Crippen LogP contribution >= 0.6 is 0 Å². The number of nitrogens with zero attached hydrogens (tertiary/aromatic N) is 3. The maximum absolute atomic E-state index is 4.77. The summed E-state index contributed by atoms with van der Waals surface area (Å²) in [6.45, 7) is 11.0. The van der Waals surface area contributed by atoms with Gasteiger partial charge in [-0.15, -0.1) is 0 Å². The first kappa shape index (κ1) is 15.1. The number of aromatic nitrogens is 2. The summed E-state index contributed by atoms with van der Waals surface area (Å²) < 4.78 is 0. The molecule has 2 atom stereocenters. The van der Waals surface area contributed by atoms with Gasteiger partial charge in [-0.3, -0.25) is 0 Å². The van der Waals surface area contributed by atoms with Crippen LogP contribution in [0.2, 0.25) is 0 Å². The van der Waals surface area contributed by atoms with E-state index in [1.165, 1.54) is 6.42 Å². The Bertz CT molecular complexity index is 432. The molecule has 0 spiro atoms. The quantitative estimate of drug-likeness (QED) is 0.863. The molecule has 2 rings (SSSR count). The van der Waals surface area contributed by atoms with Crippen molar-refractivity contribution >= 4 is 11.6 Å². The van der Waals surface area contributed by atoms with Crippen molar-refractivity contribution in [1.82, 2.24) is 9.97 Å². The molecule has 0 amide bonds. The number of hydrogen-bond acceptors (Lipinski definition) is 4. The minimum absolute atomic E-state index is 0.577. The van der Waals surface area contributed by atoms with Crippen LogP contribution in [0.5, 0.6) is 0 Å². The molecule has 1 aromatic rings. The lowest BCUT2D eigenvalue weighted by atomic mass is 10.1. The van der Waals surface area contributed by atoms with Crippen LogP contribution in [0.25, 0.3) is 0 Å². The third-order valence-corrected chi connectivity index (χ3v) is 3.87. The van der Waals surface area contributed by atoms with Crippen LogP contribution in [0.15, 0.2) is 6.07 Å². The van der Waals surface area contributed by atoms with Gasteiger partial charge in [0.1, 0.15) is 17.5 Å². The summed E-state index contributed by atoms with van der Waals surface area (Å²) in [4.78, 5) is 11.8. The molecule has 1 aromatic heterocycles. The zero-order valence-corrected chi connectivity index (χ0v) is 13.3. The molecule has 0 bridgehead atoms. The van der Waals surface area contributed by atoms with Crippen LogP contribution in [-0.4, -0.2) is 29.1 Å². The number of anilines is 2. The second-order valence-electron chi connectivity index (χ2n) is 6.05. The maximum atomic E-state index is 4.77. The predicted octanol–water partition coefficient (Wildman–Crippen LogP) is 3.49. The Kier molecular flexibility index (Phi) is 5.21. The van der Waals surface area contributed by atoms with Crippen molar-refractivity contribution in [1.29, 1.82) is 0 Å². The molecule has 2 heterocycles. The predicted molar refractivity (Wildman–Crippen MR) is 85.4 cm³/mol. The molecule has 112 valence electrons. The number of hydrogen-bond donors (Lipinski definition) is 1. The van der Waals surface area contributed by atoms with E-state index < -0.39 is 0 Å². The fourth-order valence-electron chi connectivity index (χ4n) is 2.93. The summed E-state index contributed by atoms with van der Waals surface area (Å²) in [5, 5.41) is 3.41. The normalized spacial score (nSPS) is 22.3. The Morgan fingerprint density at radius 3 is 2.65 bits per heavy atom. The highest BCUT2D eigenvalue weighted by Crippen LogP contribution is 2.28. The lowest BCUT2D eigenvalue weighted by Crippen LogP contribution is -2.28. The summed E-state index contributed by atoms with van der Waals surface area (Å²) in [7, 11) is 0. The van der Waals surface area contributed by atoms with Gasteiger partial charge in [0, 0.05) is 31.6 Å². The molecule has 0 aromatic carbocycles. The monoisotopic (exact) mass is 276 g/mol. The molecular formula is C16H28N4. The summed E-state index contributed by atoms with van der Waals surface area (Å²) >= 11 is 0. The summed E-state index contributed by atoms with van der Waals surface area (Å²) in [6, 6.07) is 2.69. The van der Waals surface area contributed by atoms with Crippen LogP contribution in [0.4, 0.5) is 11.6 Å². The largest absolute Gasteiger partial charge is 0.370 e. The van der Waals surface area contributed by atoms with Crippen molar-refractivity contribution in [3.05, 3.63) is 11.9 Å². The molecule has 0 saturated carbocycles. The van der Waals surface area contributed by atoms with E-state index in [1.807, 2.05) is 0 Å². The summed E-state index contributed by atoms with van der Waals surface area (Å²) in [5.74, 6) is 3.79. The van der Waals surface area contributed by atoms with Crippen molar-refractivity contribution in [3.8, 4) is 0 Å². The van der Waals surface area contributed by atoms with Crippen molar-refractivity contribution in [2.45, 2.75) is 59.4 Å². The van der Waals surface area contributed by atoms with E-state index >= 15 is 0 Å². The number of rotatable bonds is 6. The van der Waals surface area contributed by atoms with Gasteiger partial charge in [0.25, 0.3) is 0 Å². The Hall–Kier alpha value is -1.32. The smallest absolute Gasteiger partial charge is 0.134 e. The molecule has 2 unspecified atom stereocenters.